The molecule has 0 unspecified atom stereocenters. The molecule has 6 nitrogen and oxygen atoms in total. The summed E-state index contributed by atoms with van der Waals surface area (Å²) >= 11 is 0. The van der Waals surface area contributed by atoms with Crippen LogP contribution in [0.3, 0.4) is 0 Å². The molecule has 1 heterocycles. The molecule has 39 heavy (non-hydrogen) atoms. The second-order valence-electron chi connectivity index (χ2n) is 9.44. The third-order valence-corrected chi connectivity index (χ3v) is 6.52. The molecule has 1 aromatic heterocycles. The number of ether oxygens (including phenoxy) is 3. The van der Waals surface area contributed by atoms with Crippen LogP contribution in [0.25, 0.3) is 23.1 Å². The number of aromatic carboxylic acids is 1. The number of carboxylic acid groups (broad SMARTS) is 1. The molecule has 3 aromatic carbocycles. The number of halogens is 2. The van der Waals surface area contributed by atoms with Crippen molar-refractivity contribution < 1.29 is 32.9 Å². The van der Waals surface area contributed by atoms with E-state index in [0.717, 1.165) is 36.1 Å². The number of methoxy groups -OCH3 is 1. The molecule has 1 saturated carbocycles. The molecule has 1 N–H and O–H groups in total. The van der Waals surface area contributed by atoms with Gasteiger partial charge >= 0.3 is 5.97 Å². The average Bonchev–Trinajstić information content (AvgIpc) is 3.77. The van der Waals surface area contributed by atoms with Gasteiger partial charge in [-0.3, -0.25) is 0 Å². The second kappa shape index (κ2) is 11.6. The lowest BCUT2D eigenvalue weighted by atomic mass is 10.1. The van der Waals surface area contributed by atoms with Crippen LogP contribution in [-0.4, -0.2) is 36.4 Å². The highest BCUT2D eigenvalue weighted by Crippen LogP contribution is 2.32. The summed E-state index contributed by atoms with van der Waals surface area (Å²) < 4.78 is 44.4. The highest BCUT2D eigenvalue weighted by molar-refractivity contribution is 5.91. The molecule has 0 bridgehead atoms. The zero-order valence-corrected chi connectivity index (χ0v) is 21.3. The van der Waals surface area contributed by atoms with E-state index in [9.17, 15) is 18.7 Å². The summed E-state index contributed by atoms with van der Waals surface area (Å²) in [7, 11) is 1.47. The minimum Gasteiger partial charge on any atom is -0.497 e. The summed E-state index contributed by atoms with van der Waals surface area (Å²) in [5.74, 6) is -1.76. The maximum absolute atomic E-state index is 13.6. The zero-order valence-electron chi connectivity index (χ0n) is 21.3. The van der Waals surface area contributed by atoms with Gasteiger partial charge in [0.05, 0.1) is 24.9 Å². The molecule has 1 aliphatic rings. The fourth-order valence-electron chi connectivity index (χ4n) is 4.14. The average molecular weight is 532 g/mol. The summed E-state index contributed by atoms with van der Waals surface area (Å²) in [6, 6.07) is 18.1. The number of hydrogen-bond acceptors (Lipinski definition) is 5. The summed E-state index contributed by atoms with van der Waals surface area (Å²) in [6.07, 6.45) is 5.52. The Kier molecular flexibility index (Phi) is 7.84. The summed E-state index contributed by atoms with van der Waals surface area (Å²) in [4.78, 5) is 16.2. The smallest absolute Gasteiger partial charge is 0.339 e. The Morgan fingerprint density at radius 2 is 1.87 bits per heavy atom. The van der Waals surface area contributed by atoms with Crippen molar-refractivity contribution in [1.29, 1.82) is 0 Å². The quantitative estimate of drug-likeness (QED) is 0.226. The van der Waals surface area contributed by atoms with Crippen LogP contribution in [0.1, 0.15) is 46.1 Å². The maximum atomic E-state index is 13.6. The molecule has 0 aliphatic heterocycles. The number of carboxylic acids is 1. The number of benzene rings is 3. The largest absolute Gasteiger partial charge is 0.497 e. The molecule has 0 radical (unpaired) electrons. The van der Waals surface area contributed by atoms with Gasteiger partial charge in [0, 0.05) is 11.5 Å². The van der Waals surface area contributed by atoms with Crippen molar-refractivity contribution in [2.24, 2.45) is 5.92 Å². The second-order valence-corrected chi connectivity index (χ2v) is 9.44. The van der Waals surface area contributed by atoms with Crippen molar-refractivity contribution in [2.75, 3.05) is 20.3 Å². The first-order valence-electron chi connectivity index (χ1n) is 12.6. The van der Waals surface area contributed by atoms with Gasteiger partial charge in [-0.15, -0.1) is 0 Å². The molecule has 5 rings (SSSR count). The van der Waals surface area contributed by atoms with Crippen LogP contribution in [0.2, 0.25) is 0 Å². The van der Waals surface area contributed by atoms with E-state index in [1.807, 2.05) is 30.3 Å². The van der Waals surface area contributed by atoms with Gasteiger partial charge in [0.25, 0.3) is 0 Å². The number of hydrogen-bond donors (Lipinski definition) is 1. The lowest BCUT2D eigenvalue weighted by Gasteiger charge is -2.20. The Morgan fingerprint density at radius 1 is 1.05 bits per heavy atom. The van der Waals surface area contributed by atoms with Crippen LogP contribution in [0.15, 0.2) is 66.7 Å². The van der Waals surface area contributed by atoms with Crippen molar-refractivity contribution in [2.45, 2.75) is 18.9 Å². The Morgan fingerprint density at radius 3 is 2.64 bits per heavy atom. The number of pyridine rings is 1. The third kappa shape index (κ3) is 6.59. The minimum atomic E-state index is -1.11. The fourth-order valence-corrected chi connectivity index (χ4v) is 4.14. The van der Waals surface area contributed by atoms with Gasteiger partial charge < -0.3 is 19.3 Å². The molecule has 0 amide bonds. The number of aromatic nitrogens is 1. The third-order valence-electron chi connectivity index (χ3n) is 6.52. The molecule has 0 saturated heterocycles. The standard InChI is InChI=1S/C31H27F2NO5/c1-37-24-11-12-29(25(15-24)31(35)36)39-18-30(38-17-20-5-6-20)22-4-2-3-19(13-22)7-9-23-10-8-21-14-26(32)27(33)16-28(21)34-23/h2-4,7-16,20,30H,5-6,17-18H2,1H3,(H,35,36)/b9-7+/t30-/m1/s1. The number of fused-ring (bicyclic) bond motifs is 1. The predicted octanol–water partition coefficient (Wildman–Crippen LogP) is 6.94. The SMILES string of the molecule is COc1ccc(OC[C@@H](OCC2CC2)c2cccc(/C=C/c3ccc4cc(F)c(F)cc4n3)c2)c(C(=O)O)c1. The van der Waals surface area contributed by atoms with Gasteiger partial charge in [0.2, 0.25) is 0 Å². The number of carbonyl (C=O) groups is 1. The molecule has 4 aromatic rings. The van der Waals surface area contributed by atoms with Crippen LogP contribution >= 0.6 is 0 Å². The highest BCUT2D eigenvalue weighted by atomic mass is 19.2. The van der Waals surface area contributed by atoms with Gasteiger partial charge in [-0.2, -0.15) is 0 Å². The Hall–Kier alpha value is -4.30. The first kappa shape index (κ1) is 26.3. The van der Waals surface area contributed by atoms with Crippen LogP contribution < -0.4 is 9.47 Å². The number of nitrogens with zero attached hydrogens (tertiary/aromatic N) is 1. The molecule has 0 spiro atoms. The molecular formula is C31H27F2NO5. The zero-order chi connectivity index (χ0) is 27.4. The van der Waals surface area contributed by atoms with Crippen molar-refractivity contribution in [3.8, 4) is 11.5 Å². The summed E-state index contributed by atoms with van der Waals surface area (Å²) in [6.45, 7) is 0.724. The lowest BCUT2D eigenvalue weighted by Crippen LogP contribution is -2.16. The summed E-state index contributed by atoms with van der Waals surface area (Å²) in [5, 5.41) is 10.1. The van der Waals surface area contributed by atoms with Crippen molar-refractivity contribution in [1.82, 2.24) is 4.98 Å². The van der Waals surface area contributed by atoms with Gasteiger partial charge in [0.15, 0.2) is 11.6 Å². The van der Waals surface area contributed by atoms with E-state index in [2.05, 4.69) is 4.98 Å². The number of rotatable bonds is 11. The molecule has 1 aliphatic carbocycles. The van der Waals surface area contributed by atoms with Crippen molar-refractivity contribution >= 4 is 29.0 Å². The van der Waals surface area contributed by atoms with E-state index < -0.39 is 23.7 Å². The van der Waals surface area contributed by atoms with Gasteiger partial charge in [-0.25, -0.2) is 18.6 Å². The van der Waals surface area contributed by atoms with E-state index in [0.29, 0.717) is 34.9 Å². The van der Waals surface area contributed by atoms with Crippen molar-refractivity contribution in [3.05, 3.63) is 101 Å². The highest BCUT2D eigenvalue weighted by Gasteiger charge is 2.25. The normalized spacial score (nSPS) is 14.0. The molecular weight excluding hydrogens is 504 g/mol. The van der Waals surface area contributed by atoms with E-state index in [1.54, 1.807) is 30.3 Å². The molecule has 1 atom stereocenters. The first-order chi connectivity index (χ1) is 18.9. The monoisotopic (exact) mass is 531 g/mol. The Labute approximate surface area is 224 Å². The van der Waals surface area contributed by atoms with Crippen LogP contribution in [0.5, 0.6) is 11.5 Å². The predicted molar refractivity (Wildman–Crippen MR) is 144 cm³/mol. The summed E-state index contributed by atoms with van der Waals surface area (Å²) in [5.41, 5.74) is 2.75. The lowest BCUT2D eigenvalue weighted by molar-refractivity contribution is 0.0128. The molecule has 1 fully saturated rings. The Bertz CT molecular complexity index is 1530. The maximum Gasteiger partial charge on any atom is 0.339 e. The van der Waals surface area contributed by atoms with Gasteiger partial charge in [-0.1, -0.05) is 30.3 Å². The van der Waals surface area contributed by atoms with E-state index in [4.69, 9.17) is 14.2 Å². The van der Waals surface area contributed by atoms with Gasteiger partial charge in [0.1, 0.15) is 29.8 Å². The van der Waals surface area contributed by atoms with E-state index in [-0.39, 0.29) is 17.9 Å². The first-order valence-corrected chi connectivity index (χ1v) is 12.6. The fraction of sp³-hybridized carbons (Fsp3) is 0.226. The molecule has 200 valence electrons. The van der Waals surface area contributed by atoms with Crippen molar-refractivity contribution in [3.63, 3.8) is 0 Å². The van der Waals surface area contributed by atoms with Crippen LogP contribution in [0, 0.1) is 17.6 Å². The topological polar surface area (TPSA) is 77.9 Å². The van der Waals surface area contributed by atoms with Crippen LogP contribution in [0.4, 0.5) is 8.78 Å². The van der Waals surface area contributed by atoms with Gasteiger partial charge in [-0.05, 0) is 72.4 Å². The molecule has 8 heteroatoms. The van der Waals surface area contributed by atoms with E-state index in [1.165, 1.54) is 13.2 Å². The Balaban J connectivity index is 1.35. The van der Waals surface area contributed by atoms with E-state index >= 15 is 0 Å². The minimum absolute atomic E-state index is 0.0116. The van der Waals surface area contributed by atoms with Crippen LogP contribution in [-0.2, 0) is 4.74 Å².